The number of amides is 2. The molecule has 12 heteroatoms. The average Bonchev–Trinajstić information content (AvgIpc) is 3.42. The van der Waals surface area contributed by atoms with Crippen molar-refractivity contribution < 1.29 is 9.59 Å². The minimum absolute atomic E-state index is 0. The molecule has 2 aromatic rings. The molecule has 3 aliphatic rings. The Hall–Kier alpha value is -2.69. The van der Waals surface area contributed by atoms with Crippen molar-refractivity contribution in [2.75, 3.05) is 23.7 Å². The molecule has 4 heterocycles. The van der Waals surface area contributed by atoms with E-state index in [1.165, 1.54) is 23.0 Å². The average molecular weight is 438 g/mol. The van der Waals surface area contributed by atoms with E-state index in [-0.39, 0.29) is 52.1 Å². The van der Waals surface area contributed by atoms with Gasteiger partial charge in [0.15, 0.2) is 0 Å². The zero-order valence-corrected chi connectivity index (χ0v) is 16.6. The van der Waals surface area contributed by atoms with Crippen LogP contribution in [0.4, 0.5) is 17.3 Å². The highest BCUT2D eigenvalue weighted by atomic mass is 35.5. The Morgan fingerprint density at radius 3 is 2.59 bits per heavy atom. The maximum Gasteiger partial charge on any atom is 0.277 e. The summed E-state index contributed by atoms with van der Waals surface area (Å²) in [5.74, 6) is 0.270. The van der Waals surface area contributed by atoms with Crippen molar-refractivity contribution in [1.82, 2.24) is 25.2 Å². The molecule has 0 radical (unpaired) electrons. The van der Waals surface area contributed by atoms with Gasteiger partial charge >= 0.3 is 0 Å². The van der Waals surface area contributed by atoms with Gasteiger partial charge in [-0.2, -0.15) is 0 Å². The van der Waals surface area contributed by atoms with E-state index in [2.05, 4.69) is 31.2 Å². The number of hydrogen-bond donors (Lipinski definition) is 4. The van der Waals surface area contributed by atoms with Crippen molar-refractivity contribution in [2.45, 2.75) is 18.5 Å². The summed E-state index contributed by atoms with van der Waals surface area (Å²) in [4.78, 5) is 45.3. The highest BCUT2D eigenvalue weighted by Crippen LogP contribution is 2.32. The molecule has 0 unspecified atom stereocenters. The zero-order valence-electron chi connectivity index (χ0n) is 15.0. The standard InChI is InChI=1S/C17H16ClN7O3.ClH/c18-9-3-10(16(28)25-13(9)15(27)24-17(25)5-19-6-17)22-11-4-12(21-7-20-11)23-14(26)8-1-2-8;/h3-4,7-8,19H,1-2,5-6H2,(H,24,27)(H2,20,21,22,23,26);1H. The smallest absolute Gasteiger partial charge is 0.277 e. The molecule has 5 rings (SSSR count). The van der Waals surface area contributed by atoms with E-state index in [0.717, 1.165) is 12.8 Å². The van der Waals surface area contributed by atoms with Gasteiger partial charge < -0.3 is 21.3 Å². The number of fused-ring (bicyclic) bond motifs is 2. The number of anilines is 3. The molecule has 1 saturated carbocycles. The Balaban J connectivity index is 0.00000205. The van der Waals surface area contributed by atoms with Gasteiger partial charge in [-0.05, 0) is 18.9 Å². The van der Waals surface area contributed by atoms with E-state index in [9.17, 15) is 14.4 Å². The van der Waals surface area contributed by atoms with Gasteiger partial charge in [0.2, 0.25) is 5.91 Å². The van der Waals surface area contributed by atoms with Crippen molar-refractivity contribution in [3.05, 3.63) is 39.5 Å². The van der Waals surface area contributed by atoms with Crippen LogP contribution in [-0.4, -0.2) is 39.4 Å². The fourth-order valence-corrected chi connectivity index (χ4v) is 3.71. The van der Waals surface area contributed by atoms with Gasteiger partial charge in [-0.25, -0.2) is 9.97 Å². The molecule has 2 fully saturated rings. The summed E-state index contributed by atoms with van der Waals surface area (Å²) >= 11 is 6.29. The second-order valence-corrected chi connectivity index (χ2v) is 7.57. The molecule has 10 nitrogen and oxygen atoms in total. The van der Waals surface area contributed by atoms with Crippen LogP contribution in [0.15, 0.2) is 23.3 Å². The third kappa shape index (κ3) is 3.22. The molecule has 152 valence electrons. The number of rotatable bonds is 4. The van der Waals surface area contributed by atoms with Gasteiger partial charge in [-0.1, -0.05) is 11.6 Å². The second-order valence-electron chi connectivity index (χ2n) is 7.16. The second kappa shape index (κ2) is 6.97. The Labute approximate surface area is 175 Å². The molecule has 0 bridgehead atoms. The molecular formula is C17H17Cl2N7O3. The quantitative estimate of drug-likeness (QED) is 0.556. The van der Waals surface area contributed by atoms with Gasteiger partial charge in [0.1, 0.15) is 35.0 Å². The summed E-state index contributed by atoms with van der Waals surface area (Å²) < 4.78 is 1.40. The first kappa shape index (κ1) is 19.6. The molecule has 0 aromatic carbocycles. The monoisotopic (exact) mass is 437 g/mol. The first-order valence-corrected chi connectivity index (χ1v) is 9.24. The molecule has 29 heavy (non-hydrogen) atoms. The van der Waals surface area contributed by atoms with Crippen molar-refractivity contribution in [1.29, 1.82) is 0 Å². The normalized spacial score (nSPS) is 18.3. The van der Waals surface area contributed by atoms with E-state index in [1.54, 1.807) is 0 Å². The van der Waals surface area contributed by atoms with E-state index in [1.807, 2.05) is 0 Å². The Morgan fingerprint density at radius 2 is 1.93 bits per heavy atom. The largest absolute Gasteiger partial charge is 0.336 e. The van der Waals surface area contributed by atoms with Crippen LogP contribution in [0.5, 0.6) is 0 Å². The number of aromatic nitrogens is 3. The van der Waals surface area contributed by atoms with Crippen LogP contribution in [0.2, 0.25) is 5.02 Å². The molecule has 0 atom stereocenters. The maximum atomic E-state index is 13.0. The van der Waals surface area contributed by atoms with E-state index in [0.29, 0.717) is 24.7 Å². The number of hydrogen-bond acceptors (Lipinski definition) is 7. The van der Waals surface area contributed by atoms with Gasteiger partial charge in [-0.3, -0.25) is 19.0 Å². The highest BCUT2D eigenvalue weighted by molar-refractivity contribution is 6.34. The van der Waals surface area contributed by atoms with Crippen molar-refractivity contribution >= 4 is 53.1 Å². The van der Waals surface area contributed by atoms with Crippen LogP contribution >= 0.6 is 24.0 Å². The molecule has 2 aromatic heterocycles. The van der Waals surface area contributed by atoms with Crippen LogP contribution in [0, 0.1) is 5.92 Å². The molecule has 1 saturated heterocycles. The lowest BCUT2D eigenvalue weighted by atomic mass is 10.0. The maximum absolute atomic E-state index is 13.0. The van der Waals surface area contributed by atoms with Crippen molar-refractivity contribution in [3.8, 4) is 0 Å². The number of halogens is 2. The summed E-state index contributed by atoms with van der Waals surface area (Å²) in [6.45, 7) is 0.882. The lowest BCUT2D eigenvalue weighted by molar-refractivity contribution is -0.117. The lowest BCUT2D eigenvalue weighted by Crippen LogP contribution is -2.68. The van der Waals surface area contributed by atoms with E-state index in [4.69, 9.17) is 11.6 Å². The number of carbonyl (C=O) groups excluding carboxylic acids is 2. The number of pyridine rings is 1. The Bertz CT molecular complexity index is 1080. The minimum atomic E-state index is -0.792. The third-order valence-electron chi connectivity index (χ3n) is 5.11. The first-order chi connectivity index (χ1) is 13.5. The summed E-state index contributed by atoms with van der Waals surface area (Å²) in [5.41, 5.74) is -0.852. The predicted molar refractivity (Wildman–Crippen MR) is 108 cm³/mol. The van der Waals surface area contributed by atoms with Gasteiger partial charge in [0.05, 0.1) is 5.02 Å². The lowest BCUT2D eigenvalue weighted by Gasteiger charge is -2.40. The summed E-state index contributed by atoms with van der Waals surface area (Å²) in [6, 6.07) is 2.95. The van der Waals surface area contributed by atoms with Crippen LogP contribution in [0.25, 0.3) is 0 Å². The molecule has 2 aliphatic heterocycles. The van der Waals surface area contributed by atoms with Crippen molar-refractivity contribution in [3.63, 3.8) is 0 Å². The fraction of sp³-hybridized carbons (Fsp3) is 0.353. The SMILES string of the molecule is Cl.O=C1NC2(CNC2)n2c1c(Cl)cc(Nc1cc(NC(=O)C3CC3)ncn1)c2=O. The zero-order chi connectivity index (χ0) is 19.5. The highest BCUT2D eigenvalue weighted by Gasteiger charge is 2.49. The number of nitrogens with one attached hydrogen (secondary N) is 4. The van der Waals surface area contributed by atoms with Crippen molar-refractivity contribution in [2.24, 2.45) is 5.92 Å². The van der Waals surface area contributed by atoms with Gasteiger partial charge in [0.25, 0.3) is 11.5 Å². The van der Waals surface area contributed by atoms with Crippen LogP contribution < -0.4 is 26.8 Å². The van der Waals surface area contributed by atoms with Gasteiger partial charge in [0, 0.05) is 25.1 Å². The molecule has 1 spiro atoms. The third-order valence-corrected chi connectivity index (χ3v) is 5.40. The minimum Gasteiger partial charge on any atom is -0.336 e. The van der Waals surface area contributed by atoms with Crippen LogP contribution in [0.3, 0.4) is 0 Å². The number of nitrogens with zero attached hydrogens (tertiary/aromatic N) is 3. The molecular weight excluding hydrogens is 421 g/mol. The van der Waals surface area contributed by atoms with E-state index >= 15 is 0 Å². The predicted octanol–water partition coefficient (Wildman–Crippen LogP) is 0.805. The van der Waals surface area contributed by atoms with Crippen LogP contribution in [0.1, 0.15) is 23.3 Å². The fourth-order valence-electron chi connectivity index (χ4n) is 3.43. The molecule has 2 amide bonds. The topological polar surface area (TPSA) is 130 Å². The Kier molecular flexibility index (Phi) is 4.72. The van der Waals surface area contributed by atoms with E-state index < -0.39 is 5.66 Å². The first-order valence-electron chi connectivity index (χ1n) is 8.86. The Morgan fingerprint density at radius 1 is 1.21 bits per heavy atom. The summed E-state index contributed by atoms with van der Waals surface area (Å²) in [6.07, 6.45) is 3.06. The van der Waals surface area contributed by atoms with Gasteiger partial charge in [-0.15, -0.1) is 12.4 Å². The molecule has 4 N–H and O–H groups in total. The summed E-state index contributed by atoms with van der Waals surface area (Å²) in [5, 5.41) is 11.7. The van der Waals surface area contributed by atoms with Crippen LogP contribution in [-0.2, 0) is 10.5 Å². The number of carbonyl (C=O) groups is 2. The summed E-state index contributed by atoms with van der Waals surface area (Å²) in [7, 11) is 0. The molecule has 1 aliphatic carbocycles.